The van der Waals surface area contributed by atoms with Crippen molar-refractivity contribution < 1.29 is 14.3 Å². The van der Waals surface area contributed by atoms with Crippen molar-refractivity contribution >= 4 is 5.97 Å². The lowest BCUT2D eigenvalue weighted by Crippen LogP contribution is -2.17. The Hall–Kier alpha value is -2.44. The SMILES string of the molecule is CCCn1nnnc1COC(=O)COc1c(C)cccc1C. The Labute approximate surface area is 129 Å². The number of nitrogens with zero attached hydrogens (tertiary/aromatic N) is 4. The highest BCUT2D eigenvalue weighted by atomic mass is 16.6. The first kappa shape index (κ1) is 15.9. The Balaban J connectivity index is 1.84. The van der Waals surface area contributed by atoms with Gasteiger partial charge in [0.15, 0.2) is 19.0 Å². The summed E-state index contributed by atoms with van der Waals surface area (Å²) >= 11 is 0. The van der Waals surface area contributed by atoms with E-state index in [2.05, 4.69) is 15.5 Å². The third-order valence-corrected chi connectivity index (χ3v) is 3.15. The predicted molar refractivity (Wildman–Crippen MR) is 79.3 cm³/mol. The van der Waals surface area contributed by atoms with Crippen molar-refractivity contribution in [2.24, 2.45) is 0 Å². The third kappa shape index (κ3) is 4.03. The van der Waals surface area contributed by atoms with Crippen LogP contribution in [0.4, 0.5) is 0 Å². The van der Waals surface area contributed by atoms with Gasteiger partial charge in [0.25, 0.3) is 0 Å². The van der Waals surface area contributed by atoms with Crippen molar-refractivity contribution in [3.8, 4) is 5.75 Å². The van der Waals surface area contributed by atoms with E-state index in [1.165, 1.54) is 0 Å². The predicted octanol–water partition coefficient (Wildman–Crippen LogP) is 1.82. The first-order valence-electron chi connectivity index (χ1n) is 7.21. The van der Waals surface area contributed by atoms with Crippen LogP contribution in [0.25, 0.3) is 0 Å². The number of aromatic nitrogens is 4. The van der Waals surface area contributed by atoms with Crippen LogP contribution < -0.4 is 4.74 Å². The lowest BCUT2D eigenvalue weighted by molar-refractivity contribution is -0.147. The zero-order valence-electron chi connectivity index (χ0n) is 13.1. The molecule has 0 unspecified atom stereocenters. The summed E-state index contributed by atoms with van der Waals surface area (Å²) in [6.45, 7) is 6.50. The fourth-order valence-corrected chi connectivity index (χ4v) is 2.06. The van der Waals surface area contributed by atoms with Crippen molar-refractivity contribution in [1.82, 2.24) is 20.2 Å². The van der Waals surface area contributed by atoms with E-state index >= 15 is 0 Å². The molecule has 2 rings (SSSR count). The van der Waals surface area contributed by atoms with Gasteiger partial charge in [0, 0.05) is 6.54 Å². The second kappa shape index (κ2) is 7.53. The van der Waals surface area contributed by atoms with Gasteiger partial charge in [-0.2, -0.15) is 0 Å². The van der Waals surface area contributed by atoms with Crippen molar-refractivity contribution in [3.05, 3.63) is 35.2 Å². The van der Waals surface area contributed by atoms with Crippen molar-refractivity contribution in [2.75, 3.05) is 6.61 Å². The fourth-order valence-electron chi connectivity index (χ4n) is 2.06. The highest BCUT2D eigenvalue weighted by Crippen LogP contribution is 2.22. The number of tetrazole rings is 1. The fraction of sp³-hybridized carbons (Fsp3) is 0.467. The van der Waals surface area contributed by atoms with Gasteiger partial charge in [-0.25, -0.2) is 9.48 Å². The molecule has 0 aliphatic rings. The molecule has 1 aromatic heterocycles. The Bertz CT molecular complexity index is 619. The summed E-state index contributed by atoms with van der Waals surface area (Å²) in [6, 6.07) is 5.82. The molecule has 2 aromatic rings. The first-order chi connectivity index (χ1) is 10.6. The van der Waals surface area contributed by atoms with Crippen molar-refractivity contribution in [1.29, 1.82) is 0 Å². The molecule has 118 valence electrons. The molecule has 0 aliphatic carbocycles. The van der Waals surface area contributed by atoms with Gasteiger partial charge >= 0.3 is 5.97 Å². The zero-order chi connectivity index (χ0) is 15.9. The molecule has 0 radical (unpaired) electrons. The number of rotatable bonds is 7. The van der Waals surface area contributed by atoms with Crippen LogP contribution in [0.3, 0.4) is 0 Å². The molecule has 0 saturated heterocycles. The van der Waals surface area contributed by atoms with E-state index in [9.17, 15) is 4.79 Å². The minimum Gasteiger partial charge on any atom is -0.481 e. The first-order valence-corrected chi connectivity index (χ1v) is 7.21. The molecule has 22 heavy (non-hydrogen) atoms. The quantitative estimate of drug-likeness (QED) is 0.726. The van der Waals surface area contributed by atoms with Gasteiger partial charge < -0.3 is 9.47 Å². The summed E-state index contributed by atoms with van der Waals surface area (Å²) in [5.41, 5.74) is 1.97. The standard InChI is InChI=1S/C15H20N4O3/c1-4-8-19-13(16-17-18-19)9-21-14(20)10-22-15-11(2)6-5-7-12(15)3/h5-7H,4,8-10H2,1-3H3. The largest absolute Gasteiger partial charge is 0.481 e. The van der Waals surface area contributed by atoms with Gasteiger partial charge in [0.2, 0.25) is 0 Å². The summed E-state index contributed by atoms with van der Waals surface area (Å²) in [5, 5.41) is 11.2. The van der Waals surface area contributed by atoms with Gasteiger partial charge in [-0.15, -0.1) is 5.10 Å². The van der Waals surface area contributed by atoms with Crippen LogP contribution in [0.1, 0.15) is 30.3 Å². The van der Waals surface area contributed by atoms with E-state index < -0.39 is 5.97 Å². The van der Waals surface area contributed by atoms with Gasteiger partial charge in [-0.1, -0.05) is 25.1 Å². The average molecular weight is 304 g/mol. The lowest BCUT2D eigenvalue weighted by atomic mass is 10.1. The summed E-state index contributed by atoms with van der Waals surface area (Å²) in [4.78, 5) is 11.8. The Kier molecular flexibility index (Phi) is 5.46. The zero-order valence-corrected chi connectivity index (χ0v) is 13.1. The lowest BCUT2D eigenvalue weighted by Gasteiger charge is -2.11. The Morgan fingerprint density at radius 1 is 1.27 bits per heavy atom. The van der Waals surface area contributed by atoms with E-state index in [-0.39, 0.29) is 13.2 Å². The second-order valence-electron chi connectivity index (χ2n) is 4.99. The highest BCUT2D eigenvalue weighted by Gasteiger charge is 2.11. The average Bonchev–Trinajstić information content (AvgIpc) is 2.92. The normalized spacial score (nSPS) is 10.5. The van der Waals surface area contributed by atoms with Crippen LogP contribution >= 0.6 is 0 Å². The molecule has 1 aromatic carbocycles. The third-order valence-electron chi connectivity index (χ3n) is 3.15. The molecule has 7 heteroatoms. The van der Waals surface area contributed by atoms with Crippen molar-refractivity contribution in [2.45, 2.75) is 40.3 Å². The molecule has 0 saturated carbocycles. The minimum absolute atomic E-state index is 0.0436. The van der Waals surface area contributed by atoms with Crippen LogP contribution in [0.2, 0.25) is 0 Å². The maximum absolute atomic E-state index is 11.8. The van der Waals surface area contributed by atoms with E-state index in [4.69, 9.17) is 9.47 Å². The second-order valence-corrected chi connectivity index (χ2v) is 4.99. The maximum Gasteiger partial charge on any atom is 0.344 e. The molecule has 0 spiro atoms. The molecular weight excluding hydrogens is 284 g/mol. The number of ether oxygens (including phenoxy) is 2. The van der Waals surface area contributed by atoms with Gasteiger partial charge in [0.05, 0.1) is 0 Å². The van der Waals surface area contributed by atoms with Crippen LogP contribution in [0.5, 0.6) is 5.75 Å². The summed E-state index contributed by atoms with van der Waals surface area (Å²) in [7, 11) is 0. The van der Waals surface area contributed by atoms with E-state index in [1.807, 2.05) is 39.0 Å². The van der Waals surface area contributed by atoms with E-state index in [0.29, 0.717) is 12.4 Å². The number of benzene rings is 1. The number of carbonyl (C=O) groups excluding carboxylic acids is 1. The van der Waals surface area contributed by atoms with Crippen LogP contribution in [0, 0.1) is 13.8 Å². The van der Waals surface area contributed by atoms with Crippen molar-refractivity contribution in [3.63, 3.8) is 0 Å². The monoisotopic (exact) mass is 304 g/mol. The molecule has 0 N–H and O–H groups in total. The molecular formula is C15H20N4O3. The van der Waals surface area contributed by atoms with E-state index in [1.54, 1.807) is 4.68 Å². The number of carbonyl (C=O) groups is 1. The van der Waals surface area contributed by atoms with Crippen LogP contribution in [0.15, 0.2) is 18.2 Å². The van der Waals surface area contributed by atoms with E-state index in [0.717, 1.165) is 23.3 Å². The van der Waals surface area contributed by atoms with Gasteiger partial charge in [-0.3, -0.25) is 0 Å². The maximum atomic E-state index is 11.8. The number of para-hydroxylation sites is 1. The summed E-state index contributed by atoms with van der Waals surface area (Å²) in [6.07, 6.45) is 0.904. The van der Waals surface area contributed by atoms with Crippen LogP contribution in [-0.2, 0) is 22.7 Å². The molecule has 1 heterocycles. The smallest absolute Gasteiger partial charge is 0.344 e. The Morgan fingerprint density at radius 3 is 2.68 bits per heavy atom. The summed E-state index contributed by atoms with van der Waals surface area (Å²) in [5.74, 6) is 0.797. The highest BCUT2D eigenvalue weighted by molar-refractivity contribution is 5.71. The molecule has 0 bridgehead atoms. The molecule has 0 fully saturated rings. The molecule has 0 aliphatic heterocycles. The molecule has 0 atom stereocenters. The number of hydrogen-bond acceptors (Lipinski definition) is 6. The van der Waals surface area contributed by atoms with Crippen LogP contribution in [-0.4, -0.2) is 32.8 Å². The topological polar surface area (TPSA) is 79.1 Å². The number of esters is 1. The molecule has 0 amide bonds. The number of aryl methyl sites for hydroxylation is 3. The number of hydrogen-bond donors (Lipinski definition) is 0. The van der Waals surface area contributed by atoms with Gasteiger partial charge in [0.1, 0.15) is 5.75 Å². The van der Waals surface area contributed by atoms with Gasteiger partial charge in [-0.05, 0) is 41.8 Å². The minimum atomic E-state index is -0.450. The Morgan fingerprint density at radius 2 is 2.00 bits per heavy atom. The molecule has 7 nitrogen and oxygen atoms in total. The summed E-state index contributed by atoms with van der Waals surface area (Å²) < 4.78 is 12.3.